The molecule has 4 N–H and O–H groups in total. The molecule has 0 aliphatic heterocycles. The van der Waals surface area contributed by atoms with Gasteiger partial charge in [-0.2, -0.15) is 0 Å². The molecule has 2 aromatic heterocycles. The van der Waals surface area contributed by atoms with Gasteiger partial charge in [-0.15, -0.1) is 0 Å². The number of H-pyrrole nitrogens is 1. The molecule has 2 aliphatic rings. The van der Waals surface area contributed by atoms with E-state index in [0.717, 1.165) is 12.0 Å². The molecule has 4 atom stereocenters. The van der Waals surface area contributed by atoms with Crippen molar-refractivity contribution in [2.45, 2.75) is 12.5 Å². The molecule has 2 heterocycles. The van der Waals surface area contributed by atoms with E-state index in [1.54, 1.807) is 12.1 Å². The topological polar surface area (TPSA) is 96.7 Å². The molecule has 3 aromatic rings. The number of anilines is 1. The summed E-state index contributed by atoms with van der Waals surface area (Å²) in [6.45, 7) is 0. The monoisotopic (exact) mass is 397 g/mol. The number of imidazole rings is 1. The van der Waals surface area contributed by atoms with Crippen LogP contribution in [-0.2, 0) is 4.79 Å². The van der Waals surface area contributed by atoms with Gasteiger partial charge >= 0.3 is 0 Å². The first kappa shape index (κ1) is 17.2. The number of benzene rings is 1. The number of halogens is 2. The maximum Gasteiger partial charge on any atom is 0.223 e. The van der Waals surface area contributed by atoms with E-state index in [9.17, 15) is 9.18 Å². The average Bonchev–Trinajstić information content (AvgIpc) is 3.38. The van der Waals surface area contributed by atoms with Crippen molar-refractivity contribution in [2.24, 2.45) is 23.5 Å². The average molecular weight is 398 g/mol. The summed E-state index contributed by atoms with van der Waals surface area (Å²) in [7, 11) is 0. The van der Waals surface area contributed by atoms with Crippen LogP contribution in [0.2, 0.25) is 5.02 Å². The van der Waals surface area contributed by atoms with Crippen LogP contribution in [0.3, 0.4) is 0 Å². The number of fused-ring (bicyclic) bond motifs is 3. The Labute approximate surface area is 165 Å². The summed E-state index contributed by atoms with van der Waals surface area (Å²) in [5.41, 5.74) is 8.17. The summed E-state index contributed by atoms with van der Waals surface area (Å²) in [5, 5.41) is 3.86. The zero-order valence-electron chi connectivity index (χ0n) is 14.7. The van der Waals surface area contributed by atoms with Gasteiger partial charge in [-0.05, 0) is 42.5 Å². The molecule has 1 amide bonds. The van der Waals surface area contributed by atoms with Crippen molar-refractivity contribution in [3.05, 3.63) is 53.5 Å². The molecule has 1 saturated carbocycles. The van der Waals surface area contributed by atoms with Crippen molar-refractivity contribution in [1.82, 2.24) is 15.0 Å². The lowest BCUT2D eigenvalue weighted by Gasteiger charge is -2.28. The minimum atomic E-state index is -0.315. The summed E-state index contributed by atoms with van der Waals surface area (Å²) in [5.74, 6) is 0.0346. The number of nitrogens with zero attached hydrogens (tertiary/aromatic N) is 2. The molecule has 1 aromatic carbocycles. The van der Waals surface area contributed by atoms with Crippen molar-refractivity contribution < 1.29 is 9.18 Å². The van der Waals surface area contributed by atoms with Gasteiger partial charge < -0.3 is 16.0 Å². The number of aromatic nitrogens is 3. The molecule has 0 unspecified atom stereocenters. The molecule has 2 aliphatic carbocycles. The van der Waals surface area contributed by atoms with Gasteiger partial charge in [0.25, 0.3) is 0 Å². The number of amides is 1. The van der Waals surface area contributed by atoms with E-state index in [0.29, 0.717) is 27.7 Å². The van der Waals surface area contributed by atoms with Crippen molar-refractivity contribution in [3.63, 3.8) is 0 Å². The fourth-order valence-electron chi connectivity index (χ4n) is 4.39. The highest BCUT2D eigenvalue weighted by atomic mass is 35.5. The van der Waals surface area contributed by atoms with Crippen LogP contribution < -0.4 is 11.1 Å². The van der Waals surface area contributed by atoms with Gasteiger partial charge in [0.1, 0.15) is 17.2 Å². The Hall–Kier alpha value is -2.93. The second kappa shape index (κ2) is 6.31. The van der Waals surface area contributed by atoms with E-state index in [2.05, 4.69) is 32.4 Å². The van der Waals surface area contributed by atoms with Crippen molar-refractivity contribution in [2.75, 3.05) is 5.32 Å². The van der Waals surface area contributed by atoms with Crippen LogP contribution in [0.25, 0.3) is 22.6 Å². The number of carbonyl (C=O) groups excluding carboxylic acids is 1. The highest BCUT2D eigenvalue weighted by Gasteiger charge is 2.47. The second-order valence-corrected chi connectivity index (χ2v) is 7.73. The number of hydrogen-bond acceptors (Lipinski definition) is 4. The molecule has 28 heavy (non-hydrogen) atoms. The molecule has 0 saturated heterocycles. The lowest BCUT2D eigenvalue weighted by molar-refractivity contribution is -0.122. The van der Waals surface area contributed by atoms with Crippen molar-refractivity contribution in [3.8, 4) is 11.4 Å². The first-order chi connectivity index (χ1) is 13.5. The van der Waals surface area contributed by atoms with E-state index in [-0.39, 0.29) is 35.5 Å². The van der Waals surface area contributed by atoms with Crippen LogP contribution in [0.1, 0.15) is 6.42 Å². The molecule has 5 rings (SSSR count). The Kier molecular flexibility index (Phi) is 3.87. The zero-order chi connectivity index (χ0) is 19.4. The standard InChI is InChI=1S/C20H17ClFN5O/c21-13-8-24-20-17(26-19(27-20)9-3-5-12(22)6-4-9)16(13)25-15-11-2-1-10(7-11)14(15)18(23)28/h1-6,8,10-11,14-15H,7H2,(H2,23,28)(H2,24,25,26,27)/t10-,11-,14+,15-/m1/s1. The Bertz CT molecular complexity index is 1110. The minimum Gasteiger partial charge on any atom is -0.378 e. The fourth-order valence-corrected chi connectivity index (χ4v) is 4.59. The minimum absolute atomic E-state index is 0.131. The number of hydrogen-bond donors (Lipinski definition) is 3. The molecule has 142 valence electrons. The third kappa shape index (κ3) is 2.65. The predicted molar refractivity (Wildman–Crippen MR) is 105 cm³/mol. The normalized spacial score (nSPS) is 25.5. The number of rotatable bonds is 4. The molecule has 8 heteroatoms. The van der Waals surface area contributed by atoms with E-state index >= 15 is 0 Å². The number of pyridine rings is 1. The summed E-state index contributed by atoms with van der Waals surface area (Å²) in [6.07, 6.45) is 6.64. The van der Waals surface area contributed by atoms with Gasteiger partial charge in [0, 0.05) is 11.6 Å². The summed E-state index contributed by atoms with van der Waals surface area (Å²) < 4.78 is 13.2. The van der Waals surface area contributed by atoms with Gasteiger partial charge in [-0.3, -0.25) is 4.79 Å². The molecular formula is C20H17ClFN5O. The Morgan fingerprint density at radius 3 is 2.75 bits per heavy atom. The van der Waals surface area contributed by atoms with Gasteiger partial charge in [-0.1, -0.05) is 23.8 Å². The zero-order valence-corrected chi connectivity index (χ0v) is 15.4. The van der Waals surface area contributed by atoms with Gasteiger partial charge in [0.15, 0.2) is 5.65 Å². The molecule has 2 bridgehead atoms. The number of allylic oxidation sites excluding steroid dienone is 1. The largest absolute Gasteiger partial charge is 0.378 e. The van der Waals surface area contributed by atoms with Crippen molar-refractivity contribution >= 4 is 34.4 Å². The highest BCUT2D eigenvalue weighted by molar-refractivity contribution is 6.34. The maximum absolute atomic E-state index is 13.2. The van der Waals surface area contributed by atoms with Crippen LogP contribution in [0.4, 0.5) is 10.1 Å². The first-order valence-corrected chi connectivity index (χ1v) is 9.43. The van der Waals surface area contributed by atoms with Crippen LogP contribution in [0.15, 0.2) is 42.6 Å². The number of carbonyl (C=O) groups is 1. The van der Waals surface area contributed by atoms with Crippen LogP contribution in [0, 0.1) is 23.6 Å². The third-order valence-electron chi connectivity index (χ3n) is 5.69. The number of nitrogens with two attached hydrogens (primary N) is 1. The van der Waals surface area contributed by atoms with Crippen LogP contribution >= 0.6 is 11.6 Å². The second-order valence-electron chi connectivity index (χ2n) is 7.32. The summed E-state index contributed by atoms with van der Waals surface area (Å²) in [6, 6.07) is 5.91. The Balaban J connectivity index is 1.56. The van der Waals surface area contributed by atoms with Gasteiger partial charge in [0.2, 0.25) is 5.91 Å². The summed E-state index contributed by atoms with van der Waals surface area (Å²) >= 11 is 6.43. The molecule has 1 fully saturated rings. The SMILES string of the molecule is NC(=O)[C@@H]1[C@H](Nc2c(Cl)cnc3nc(-c4ccc(F)cc4)[nH]c23)[C@@H]2C=C[C@@H]1C2. The van der Waals surface area contributed by atoms with Gasteiger partial charge in [-0.25, -0.2) is 14.4 Å². The first-order valence-electron chi connectivity index (χ1n) is 9.05. The lowest BCUT2D eigenvalue weighted by Crippen LogP contribution is -2.41. The van der Waals surface area contributed by atoms with Crippen molar-refractivity contribution in [1.29, 1.82) is 0 Å². The smallest absolute Gasteiger partial charge is 0.223 e. The van der Waals surface area contributed by atoms with E-state index in [1.807, 2.05) is 0 Å². The molecular weight excluding hydrogens is 381 g/mol. The van der Waals surface area contributed by atoms with E-state index in [1.165, 1.54) is 18.3 Å². The fraction of sp³-hybridized carbons (Fsp3) is 0.250. The van der Waals surface area contributed by atoms with E-state index in [4.69, 9.17) is 17.3 Å². The molecule has 0 radical (unpaired) electrons. The van der Waals surface area contributed by atoms with Crippen LogP contribution in [-0.4, -0.2) is 26.9 Å². The lowest BCUT2D eigenvalue weighted by atomic mass is 9.88. The molecule has 6 nitrogen and oxygen atoms in total. The maximum atomic E-state index is 13.2. The Morgan fingerprint density at radius 2 is 2.00 bits per heavy atom. The predicted octanol–water partition coefficient (Wildman–Crippen LogP) is 3.51. The number of primary amides is 1. The third-order valence-corrected chi connectivity index (χ3v) is 5.98. The van der Waals surface area contributed by atoms with E-state index < -0.39 is 0 Å². The summed E-state index contributed by atoms with van der Waals surface area (Å²) in [4.78, 5) is 24.0. The molecule has 0 spiro atoms. The quantitative estimate of drug-likeness (QED) is 0.587. The van der Waals surface area contributed by atoms with Gasteiger partial charge in [0.05, 0.1) is 22.8 Å². The Morgan fingerprint density at radius 1 is 1.25 bits per heavy atom. The highest BCUT2D eigenvalue weighted by Crippen LogP contribution is 2.46. The van der Waals surface area contributed by atoms with Crippen LogP contribution in [0.5, 0.6) is 0 Å². The number of aromatic amines is 1. The number of nitrogens with one attached hydrogen (secondary N) is 2.